The summed E-state index contributed by atoms with van der Waals surface area (Å²) >= 11 is 0. The highest BCUT2D eigenvalue weighted by molar-refractivity contribution is 6.08. The van der Waals surface area contributed by atoms with Crippen molar-refractivity contribution >= 4 is 23.8 Å². The van der Waals surface area contributed by atoms with E-state index in [1.165, 1.54) is 4.90 Å². The number of likely N-dealkylation sites (N-methyl/N-ethyl adjacent to an activating group) is 1. The average molecular weight is 378 g/mol. The van der Waals surface area contributed by atoms with Crippen LogP contribution in [0.15, 0.2) is 0 Å². The molecule has 150 valence electrons. The molecular formula is C19H30N4O4. The van der Waals surface area contributed by atoms with Gasteiger partial charge in [0.2, 0.25) is 11.8 Å². The van der Waals surface area contributed by atoms with Gasteiger partial charge in [0.05, 0.1) is 0 Å². The van der Waals surface area contributed by atoms with Gasteiger partial charge >= 0.3 is 6.03 Å². The second-order valence-electron chi connectivity index (χ2n) is 7.95. The lowest BCUT2D eigenvalue weighted by Gasteiger charge is -2.35. The molecule has 8 nitrogen and oxygen atoms in total. The van der Waals surface area contributed by atoms with Crippen molar-refractivity contribution in [3.05, 3.63) is 0 Å². The van der Waals surface area contributed by atoms with Gasteiger partial charge in [0.15, 0.2) is 0 Å². The van der Waals surface area contributed by atoms with Gasteiger partial charge in [-0.1, -0.05) is 32.1 Å². The summed E-state index contributed by atoms with van der Waals surface area (Å²) in [5, 5.41) is 5.52. The molecule has 1 heterocycles. The smallest absolute Gasteiger partial charge is 0.327 e. The second kappa shape index (κ2) is 8.27. The van der Waals surface area contributed by atoms with Crippen molar-refractivity contribution in [1.82, 2.24) is 20.4 Å². The first-order valence-electron chi connectivity index (χ1n) is 10.1. The van der Waals surface area contributed by atoms with E-state index in [1.54, 1.807) is 7.05 Å². The summed E-state index contributed by atoms with van der Waals surface area (Å²) in [7, 11) is 1.65. The van der Waals surface area contributed by atoms with Crippen molar-refractivity contribution in [2.75, 3.05) is 26.7 Å². The molecule has 1 saturated heterocycles. The molecule has 8 heteroatoms. The Morgan fingerprint density at radius 1 is 1.00 bits per heavy atom. The summed E-state index contributed by atoms with van der Waals surface area (Å²) in [6.45, 7) is 0.377. The lowest BCUT2D eigenvalue weighted by molar-refractivity contribution is -0.137. The lowest BCUT2D eigenvalue weighted by Crippen LogP contribution is -2.49. The molecule has 0 unspecified atom stereocenters. The van der Waals surface area contributed by atoms with Crippen molar-refractivity contribution in [1.29, 1.82) is 0 Å². The van der Waals surface area contributed by atoms with Gasteiger partial charge in [0, 0.05) is 26.1 Å². The highest BCUT2D eigenvalue weighted by atomic mass is 16.2. The summed E-state index contributed by atoms with van der Waals surface area (Å²) in [6.07, 6.45) is 8.32. The van der Waals surface area contributed by atoms with E-state index in [9.17, 15) is 19.2 Å². The van der Waals surface area contributed by atoms with Crippen molar-refractivity contribution in [2.45, 2.75) is 63.3 Å². The van der Waals surface area contributed by atoms with Gasteiger partial charge < -0.3 is 15.5 Å². The Morgan fingerprint density at radius 2 is 1.63 bits per heavy atom. The average Bonchev–Trinajstić information content (AvgIpc) is 3.27. The van der Waals surface area contributed by atoms with Crippen LogP contribution in [0.25, 0.3) is 0 Å². The number of hydrogen-bond donors (Lipinski definition) is 2. The minimum atomic E-state index is -0.759. The number of carbonyl (C=O) groups is 4. The van der Waals surface area contributed by atoms with Crippen LogP contribution in [0, 0.1) is 5.92 Å². The number of hydrogen-bond acceptors (Lipinski definition) is 4. The van der Waals surface area contributed by atoms with E-state index >= 15 is 0 Å². The van der Waals surface area contributed by atoms with Gasteiger partial charge in [0.1, 0.15) is 12.1 Å². The molecule has 0 aromatic carbocycles. The Balaban J connectivity index is 1.44. The van der Waals surface area contributed by atoms with Crippen molar-refractivity contribution in [3.8, 4) is 0 Å². The quantitative estimate of drug-likeness (QED) is 0.532. The van der Waals surface area contributed by atoms with Crippen molar-refractivity contribution in [3.63, 3.8) is 0 Å². The van der Waals surface area contributed by atoms with Gasteiger partial charge in [-0.3, -0.25) is 19.3 Å². The van der Waals surface area contributed by atoms with Crippen LogP contribution in [0.5, 0.6) is 0 Å². The summed E-state index contributed by atoms with van der Waals surface area (Å²) in [4.78, 5) is 52.0. The highest BCUT2D eigenvalue weighted by Crippen LogP contribution is 2.39. The first-order chi connectivity index (χ1) is 13.0. The van der Waals surface area contributed by atoms with Crippen LogP contribution < -0.4 is 10.6 Å². The third-order valence-corrected chi connectivity index (χ3v) is 6.26. The number of nitrogens with one attached hydrogen (secondary N) is 2. The molecule has 0 bridgehead atoms. The predicted molar refractivity (Wildman–Crippen MR) is 98.7 cm³/mol. The molecule has 2 aliphatic carbocycles. The molecule has 1 aliphatic heterocycles. The zero-order chi connectivity index (χ0) is 19.4. The molecule has 2 saturated carbocycles. The summed E-state index contributed by atoms with van der Waals surface area (Å²) in [5.41, 5.74) is -0.759. The fourth-order valence-electron chi connectivity index (χ4n) is 4.59. The minimum absolute atomic E-state index is 0.0486. The lowest BCUT2D eigenvalue weighted by atomic mass is 9.81. The van der Waals surface area contributed by atoms with E-state index in [-0.39, 0.29) is 36.7 Å². The SMILES string of the molecule is CN1C(=O)N(CC(=O)NCCNC(=O)C2CCCC2)C(=O)C12CCCCC2. The van der Waals surface area contributed by atoms with Crippen LogP contribution in [0.4, 0.5) is 4.79 Å². The van der Waals surface area contributed by atoms with E-state index in [2.05, 4.69) is 10.6 Å². The fourth-order valence-corrected chi connectivity index (χ4v) is 4.59. The number of amides is 5. The first-order valence-corrected chi connectivity index (χ1v) is 10.1. The second-order valence-corrected chi connectivity index (χ2v) is 7.95. The van der Waals surface area contributed by atoms with E-state index in [0.29, 0.717) is 19.4 Å². The third kappa shape index (κ3) is 3.94. The van der Waals surface area contributed by atoms with Gasteiger partial charge in [-0.15, -0.1) is 0 Å². The number of carbonyl (C=O) groups excluding carboxylic acids is 4. The van der Waals surface area contributed by atoms with Crippen molar-refractivity contribution < 1.29 is 19.2 Å². The maximum Gasteiger partial charge on any atom is 0.327 e. The van der Waals surface area contributed by atoms with Gasteiger partial charge in [-0.2, -0.15) is 0 Å². The van der Waals surface area contributed by atoms with E-state index < -0.39 is 11.6 Å². The zero-order valence-electron chi connectivity index (χ0n) is 16.1. The van der Waals surface area contributed by atoms with Crippen LogP contribution in [0.1, 0.15) is 57.8 Å². The summed E-state index contributed by atoms with van der Waals surface area (Å²) in [5.74, 6) is -0.484. The molecule has 3 aliphatic rings. The summed E-state index contributed by atoms with van der Waals surface area (Å²) < 4.78 is 0. The molecule has 0 aromatic heterocycles. The van der Waals surface area contributed by atoms with Gasteiger partial charge in [-0.25, -0.2) is 4.79 Å². The zero-order valence-corrected chi connectivity index (χ0v) is 16.1. The fraction of sp³-hybridized carbons (Fsp3) is 0.789. The molecule has 2 N–H and O–H groups in total. The number of urea groups is 1. The maximum atomic E-state index is 12.8. The Hall–Kier alpha value is -2.12. The third-order valence-electron chi connectivity index (χ3n) is 6.26. The molecular weight excluding hydrogens is 348 g/mol. The van der Waals surface area contributed by atoms with E-state index in [4.69, 9.17) is 0 Å². The Kier molecular flexibility index (Phi) is 6.01. The molecule has 0 atom stereocenters. The topological polar surface area (TPSA) is 98.8 Å². The monoisotopic (exact) mass is 378 g/mol. The van der Waals surface area contributed by atoms with Crippen LogP contribution in [-0.4, -0.2) is 65.8 Å². The molecule has 0 radical (unpaired) electrons. The van der Waals surface area contributed by atoms with Crippen molar-refractivity contribution in [2.24, 2.45) is 5.92 Å². The Labute approximate surface area is 160 Å². The van der Waals surface area contributed by atoms with Crippen LogP contribution >= 0.6 is 0 Å². The van der Waals surface area contributed by atoms with E-state index in [0.717, 1.165) is 49.8 Å². The largest absolute Gasteiger partial charge is 0.354 e. The molecule has 5 amide bonds. The molecule has 0 aromatic rings. The number of rotatable bonds is 6. The standard InChI is InChI=1S/C19H30N4O4/c1-22-18(27)23(17(26)19(22)9-5-2-6-10-19)13-15(24)20-11-12-21-16(25)14-7-3-4-8-14/h14H,2-13H2,1H3,(H,20,24)(H,21,25). The van der Waals surface area contributed by atoms with Gasteiger partial charge in [0.25, 0.3) is 5.91 Å². The molecule has 3 rings (SSSR count). The minimum Gasteiger partial charge on any atom is -0.354 e. The first kappa shape index (κ1) is 19.6. The number of imide groups is 1. The molecule has 27 heavy (non-hydrogen) atoms. The van der Waals surface area contributed by atoms with E-state index in [1.807, 2.05) is 0 Å². The molecule has 1 spiro atoms. The van der Waals surface area contributed by atoms with Crippen LogP contribution in [0.2, 0.25) is 0 Å². The van der Waals surface area contributed by atoms with Crippen LogP contribution in [0.3, 0.4) is 0 Å². The maximum absolute atomic E-state index is 12.8. The Bertz CT molecular complexity index is 609. The number of nitrogens with zero attached hydrogens (tertiary/aromatic N) is 2. The van der Waals surface area contributed by atoms with Crippen LogP contribution in [-0.2, 0) is 14.4 Å². The normalized spacial score (nSPS) is 22.6. The summed E-state index contributed by atoms with van der Waals surface area (Å²) in [6, 6.07) is -0.397. The van der Waals surface area contributed by atoms with Gasteiger partial charge in [-0.05, 0) is 25.7 Å². The predicted octanol–water partition coefficient (Wildman–Crippen LogP) is 1.01. The highest BCUT2D eigenvalue weighted by Gasteiger charge is 2.55. The Morgan fingerprint density at radius 3 is 2.30 bits per heavy atom. The molecule has 3 fully saturated rings.